The van der Waals surface area contributed by atoms with Crippen LogP contribution in [0, 0.1) is 5.92 Å². The van der Waals surface area contributed by atoms with Crippen LogP contribution in [0.5, 0.6) is 5.75 Å². The lowest BCUT2D eigenvalue weighted by Crippen LogP contribution is -2.32. The molecular formula is C16H15N3O4. The normalized spacial score (nSPS) is 17.3. The summed E-state index contributed by atoms with van der Waals surface area (Å²) in [4.78, 5) is 23.3. The Hall–Kier alpha value is -3.09. The van der Waals surface area contributed by atoms with Gasteiger partial charge in [-0.2, -0.15) is 5.10 Å². The lowest BCUT2D eigenvalue weighted by molar-refractivity contribution is -0.121. The fourth-order valence-electron chi connectivity index (χ4n) is 2.39. The standard InChI is InChI=1S/C16H15N3O4/c1-9-7-14(21)18-19-15(9)10-4-5-12(20)11(8-10)17-16(22)13-3-2-6-23-13/h2-6,8-9,20H,7H2,1H3,(H,17,22)(H,18,21). The molecule has 0 bridgehead atoms. The molecule has 7 nitrogen and oxygen atoms in total. The van der Waals surface area contributed by atoms with Crippen molar-refractivity contribution < 1.29 is 19.1 Å². The summed E-state index contributed by atoms with van der Waals surface area (Å²) < 4.78 is 5.02. The Kier molecular flexibility index (Phi) is 3.84. The van der Waals surface area contributed by atoms with Crippen molar-refractivity contribution in [3.63, 3.8) is 0 Å². The smallest absolute Gasteiger partial charge is 0.291 e. The molecule has 0 fully saturated rings. The van der Waals surface area contributed by atoms with Crippen LogP contribution in [-0.2, 0) is 4.79 Å². The van der Waals surface area contributed by atoms with Crippen LogP contribution in [0.2, 0.25) is 0 Å². The number of hydrogen-bond donors (Lipinski definition) is 3. The number of amides is 2. The zero-order chi connectivity index (χ0) is 16.4. The maximum atomic E-state index is 12.0. The van der Waals surface area contributed by atoms with Gasteiger partial charge in [0.2, 0.25) is 5.91 Å². The van der Waals surface area contributed by atoms with Crippen LogP contribution in [-0.4, -0.2) is 22.6 Å². The Morgan fingerprint density at radius 3 is 2.96 bits per heavy atom. The van der Waals surface area contributed by atoms with Crippen LogP contribution in [0.3, 0.4) is 0 Å². The number of phenols is 1. The third-order valence-corrected chi connectivity index (χ3v) is 3.54. The molecule has 3 rings (SSSR count). The molecule has 1 unspecified atom stereocenters. The van der Waals surface area contributed by atoms with E-state index in [1.54, 1.807) is 18.2 Å². The van der Waals surface area contributed by atoms with Gasteiger partial charge in [-0.3, -0.25) is 9.59 Å². The number of hydrazone groups is 1. The predicted molar refractivity (Wildman–Crippen MR) is 83.2 cm³/mol. The van der Waals surface area contributed by atoms with Crippen LogP contribution in [0.25, 0.3) is 0 Å². The molecule has 2 amide bonds. The zero-order valence-corrected chi connectivity index (χ0v) is 12.4. The molecule has 1 aromatic carbocycles. The molecule has 23 heavy (non-hydrogen) atoms. The Labute approximate surface area is 132 Å². The van der Waals surface area contributed by atoms with E-state index in [9.17, 15) is 14.7 Å². The molecular weight excluding hydrogens is 298 g/mol. The average Bonchev–Trinajstić information content (AvgIpc) is 3.04. The third-order valence-electron chi connectivity index (χ3n) is 3.54. The number of rotatable bonds is 3. The summed E-state index contributed by atoms with van der Waals surface area (Å²) in [5, 5.41) is 16.6. The summed E-state index contributed by atoms with van der Waals surface area (Å²) in [7, 11) is 0. The summed E-state index contributed by atoms with van der Waals surface area (Å²) in [5.41, 5.74) is 4.09. The Morgan fingerprint density at radius 1 is 1.43 bits per heavy atom. The molecule has 0 radical (unpaired) electrons. The fraction of sp³-hybridized carbons (Fsp3) is 0.188. The van der Waals surface area contributed by atoms with Gasteiger partial charge in [-0.05, 0) is 30.3 Å². The molecule has 2 aromatic rings. The van der Waals surface area contributed by atoms with Crippen molar-refractivity contribution in [1.29, 1.82) is 0 Å². The minimum atomic E-state index is -0.464. The molecule has 1 atom stereocenters. The number of anilines is 1. The lowest BCUT2D eigenvalue weighted by Gasteiger charge is -2.19. The summed E-state index contributed by atoms with van der Waals surface area (Å²) in [6.45, 7) is 1.89. The quantitative estimate of drug-likeness (QED) is 0.755. The van der Waals surface area contributed by atoms with E-state index >= 15 is 0 Å². The van der Waals surface area contributed by atoms with Gasteiger partial charge in [-0.15, -0.1) is 0 Å². The molecule has 1 aliphatic heterocycles. The molecule has 1 aromatic heterocycles. The van der Waals surface area contributed by atoms with E-state index in [1.165, 1.54) is 18.4 Å². The number of hydrogen-bond acceptors (Lipinski definition) is 5. The fourth-order valence-corrected chi connectivity index (χ4v) is 2.39. The first-order valence-corrected chi connectivity index (χ1v) is 7.09. The molecule has 118 valence electrons. The SMILES string of the molecule is CC1CC(=O)NN=C1c1ccc(O)c(NC(=O)c2ccco2)c1. The van der Waals surface area contributed by atoms with Gasteiger partial charge in [0.05, 0.1) is 17.7 Å². The van der Waals surface area contributed by atoms with Crippen LogP contribution < -0.4 is 10.7 Å². The van der Waals surface area contributed by atoms with Crippen LogP contribution >= 0.6 is 0 Å². The second-order valence-corrected chi connectivity index (χ2v) is 5.30. The molecule has 0 saturated heterocycles. The first-order valence-electron chi connectivity index (χ1n) is 7.09. The van der Waals surface area contributed by atoms with Gasteiger partial charge in [-0.25, -0.2) is 5.43 Å². The van der Waals surface area contributed by atoms with Crippen molar-refractivity contribution in [3.8, 4) is 5.75 Å². The molecule has 0 spiro atoms. The Bertz CT molecular complexity index is 781. The lowest BCUT2D eigenvalue weighted by atomic mass is 9.94. The minimum Gasteiger partial charge on any atom is -0.506 e. The van der Waals surface area contributed by atoms with Gasteiger partial charge in [0.25, 0.3) is 5.91 Å². The second kappa shape index (κ2) is 5.96. The number of nitrogens with one attached hydrogen (secondary N) is 2. The number of phenolic OH excluding ortho intramolecular Hbond substituents is 1. The van der Waals surface area contributed by atoms with Crippen LogP contribution in [0.4, 0.5) is 5.69 Å². The Balaban J connectivity index is 1.88. The van der Waals surface area contributed by atoms with Crippen molar-refractivity contribution in [2.75, 3.05) is 5.32 Å². The van der Waals surface area contributed by atoms with Gasteiger partial charge >= 0.3 is 0 Å². The minimum absolute atomic E-state index is 0.0538. The highest BCUT2D eigenvalue weighted by molar-refractivity contribution is 6.08. The second-order valence-electron chi connectivity index (χ2n) is 5.30. The summed E-state index contributed by atoms with van der Waals surface area (Å²) in [5.74, 6) is -0.574. The van der Waals surface area contributed by atoms with Crippen LogP contribution in [0.1, 0.15) is 29.5 Å². The highest BCUT2D eigenvalue weighted by atomic mass is 16.3. The number of benzene rings is 1. The summed E-state index contributed by atoms with van der Waals surface area (Å²) in [6, 6.07) is 7.90. The maximum Gasteiger partial charge on any atom is 0.291 e. The molecule has 7 heteroatoms. The number of furan rings is 1. The summed E-state index contributed by atoms with van der Waals surface area (Å²) >= 11 is 0. The molecule has 0 saturated carbocycles. The van der Waals surface area contributed by atoms with Crippen molar-refractivity contribution in [2.24, 2.45) is 11.0 Å². The van der Waals surface area contributed by atoms with E-state index in [0.29, 0.717) is 17.7 Å². The molecule has 1 aliphatic rings. The van der Waals surface area contributed by atoms with Crippen LogP contribution in [0.15, 0.2) is 46.1 Å². The van der Waals surface area contributed by atoms with E-state index < -0.39 is 5.91 Å². The number of nitrogens with zero attached hydrogens (tertiary/aromatic N) is 1. The first-order chi connectivity index (χ1) is 11.0. The molecule has 0 aliphatic carbocycles. The topological polar surface area (TPSA) is 104 Å². The molecule has 3 N–H and O–H groups in total. The summed E-state index contributed by atoms with van der Waals surface area (Å²) in [6.07, 6.45) is 1.74. The Morgan fingerprint density at radius 2 is 2.26 bits per heavy atom. The van der Waals surface area contributed by atoms with E-state index in [4.69, 9.17) is 4.42 Å². The first kappa shape index (κ1) is 14.8. The van der Waals surface area contributed by atoms with Gasteiger partial charge < -0.3 is 14.8 Å². The van der Waals surface area contributed by atoms with Gasteiger partial charge in [0, 0.05) is 17.9 Å². The van der Waals surface area contributed by atoms with E-state index in [2.05, 4.69) is 15.8 Å². The van der Waals surface area contributed by atoms with E-state index in [1.807, 2.05) is 6.92 Å². The van der Waals surface area contributed by atoms with Crippen molar-refractivity contribution in [2.45, 2.75) is 13.3 Å². The van der Waals surface area contributed by atoms with Crippen molar-refractivity contribution in [3.05, 3.63) is 47.9 Å². The van der Waals surface area contributed by atoms with Gasteiger partial charge in [0.15, 0.2) is 5.76 Å². The van der Waals surface area contributed by atoms with E-state index in [0.717, 1.165) is 0 Å². The average molecular weight is 313 g/mol. The van der Waals surface area contributed by atoms with Gasteiger partial charge in [0.1, 0.15) is 5.75 Å². The zero-order valence-electron chi connectivity index (χ0n) is 12.4. The third kappa shape index (κ3) is 3.08. The highest BCUT2D eigenvalue weighted by Crippen LogP contribution is 2.27. The molecule has 2 heterocycles. The largest absolute Gasteiger partial charge is 0.506 e. The highest BCUT2D eigenvalue weighted by Gasteiger charge is 2.22. The number of aromatic hydroxyl groups is 1. The van der Waals surface area contributed by atoms with E-state index in [-0.39, 0.29) is 29.0 Å². The maximum absolute atomic E-state index is 12.0. The predicted octanol–water partition coefficient (Wildman–Crippen LogP) is 2.10. The number of carbonyl (C=O) groups excluding carboxylic acids is 2. The van der Waals surface area contributed by atoms with Gasteiger partial charge in [-0.1, -0.05) is 6.92 Å². The van der Waals surface area contributed by atoms with Crippen molar-refractivity contribution >= 4 is 23.2 Å². The monoisotopic (exact) mass is 313 g/mol. The number of carbonyl (C=O) groups is 2. The van der Waals surface area contributed by atoms with Crippen molar-refractivity contribution in [1.82, 2.24) is 5.43 Å².